The van der Waals surface area contributed by atoms with Gasteiger partial charge in [-0.05, 0) is 26.8 Å². The molecule has 0 spiro atoms. The Labute approximate surface area is 198 Å². The Morgan fingerprint density at radius 1 is 1.09 bits per heavy atom. The molecule has 0 saturated carbocycles. The van der Waals surface area contributed by atoms with Gasteiger partial charge in [-0.2, -0.15) is 5.10 Å². The second-order valence-corrected chi connectivity index (χ2v) is 11.8. The van der Waals surface area contributed by atoms with Crippen molar-refractivity contribution in [3.63, 3.8) is 0 Å². The standard InChI is InChI=1S/C23H28N4O6S/c1-23(2,3)33-22(29)26-12-15(13-26)27-20-16-6-4-5-7-18(16)34(30,31)14-17(20)19(24-27)21(28)25-8-10-32-11-9-25/h4-7,15H,8-14H2,1-3H3. The van der Waals surface area contributed by atoms with Crippen molar-refractivity contribution in [1.29, 1.82) is 0 Å². The number of benzene rings is 1. The number of aromatic nitrogens is 2. The maximum atomic E-state index is 13.4. The number of fused-ring (bicyclic) bond motifs is 3. The minimum Gasteiger partial charge on any atom is -0.444 e. The molecule has 182 valence electrons. The molecule has 34 heavy (non-hydrogen) atoms. The largest absolute Gasteiger partial charge is 0.444 e. The Balaban J connectivity index is 1.53. The lowest BCUT2D eigenvalue weighted by molar-refractivity contribution is -0.000341. The summed E-state index contributed by atoms with van der Waals surface area (Å²) in [6.07, 6.45) is -0.405. The maximum absolute atomic E-state index is 13.4. The van der Waals surface area contributed by atoms with E-state index in [-0.39, 0.29) is 28.3 Å². The molecule has 0 radical (unpaired) electrons. The highest BCUT2D eigenvalue weighted by Crippen LogP contribution is 2.42. The van der Waals surface area contributed by atoms with E-state index in [1.165, 1.54) is 0 Å². The van der Waals surface area contributed by atoms with Crippen LogP contribution in [0.25, 0.3) is 11.3 Å². The summed E-state index contributed by atoms with van der Waals surface area (Å²) in [5.41, 5.74) is 1.15. The SMILES string of the molecule is CC(C)(C)OC(=O)N1CC(n2nc(C(=O)N3CCOCC3)c3c2-c2ccccc2S(=O)(=O)C3)C1. The summed E-state index contributed by atoms with van der Waals surface area (Å²) in [7, 11) is -3.62. The van der Waals surface area contributed by atoms with Crippen LogP contribution < -0.4 is 0 Å². The van der Waals surface area contributed by atoms with Gasteiger partial charge in [-0.1, -0.05) is 18.2 Å². The smallest absolute Gasteiger partial charge is 0.410 e. The van der Waals surface area contributed by atoms with E-state index in [4.69, 9.17) is 9.47 Å². The summed E-state index contributed by atoms with van der Waals surface area (Å²) in [6, 6.07) is 6.60. The molecule has 2 amide bonds. The van der Waals surface area contributed by atoms with Gasteiger partial charge in [-0.25, -0.2) is 13.2 Å². The second kappa shape index (κ2) is 8.09. The van der Waals surface area contributed by atoms with Crippen molar-refractivity contribution < 1.29 is 27.5 Å². The van der Waals surface area contributed by atoms with Gasteiger partial charge in [-0.3, -0.25) is 9.48 Å². The zero-order valence-corrected chi connectivity index (χ0v) is 20.3. The van der Waals surface area contributed by atoms with Gasteiger partial charge in [0.05, 0.1) is 35.6 Å². The van der Waals surface area contributed by atoms with Gasteiger partial charge in [0, 0.05) is 37.3 Å². The van der Waals surface area contributed by atoms with E-state index in [0.29, 0.717) is 56.2 Å². The Morgan fingerprint density at radius 2 is 1.76 bits per heavy atom. The molecular formula is C23H28N4O6S. The van der Waals surface area contributed by atoms with E-state index in [0.717, 1.165) is 0 Å². The van der Waals surface area contributed by atoms with Crippen LogP contribution in [-0.4, -0.2) is 85.0 Å². The summed E-state index contributed by atoms with van der Waals surface area (Å²) in [5.74, 6) is -0.580. The number of nitrogens with zero attached hydrogens (tertiary/aromatic N) is 4. The highest BCUT2D eigenvalue weighted by atomic mass is 32.2. The van der Waals surface area contributed by atoms with E-state index >= 15 is 0 Å². The van der Waals surface area contributed by atoms with Crippen molar-refractivity contribution in [2.24, 2.45) is 0 Å². The van der Waals surface area contributed by atoms with E-state index in [2.05, 4.69) is 5.10 Å². The monoisotopic (exact) mass is 488 g/mol. The fourth-order valence-corrected chi connectivity index (χ4v) is 6.12. The van der Waals surface area contributed by atoms with Crippen LogP contribution in [-0.2, 0) is 25.1 Å². The van der Waals surface area contributed by atoms with Crippen LogP contribution in [0.5, 0.6) is 0 Å². The fourth-order valence-electron chi connectivity index (χ4n) is 4.53. The van der Waals surface area contributed by atoms with Gasteiger partial charge < -0.3 is 19.3 Å². The number of ether oxygens (including phenoxy) is 2. The van der Waals surface area contributed by atoms with Gasteiger partial charge in [0.1, 0.15) is 5.60 Å². The molecule has 5 rings (SSSR count). The number of carbonyl (C=O) groups excluding carboxylic acids is 2. The lowest BCUT2D eigenvalue weighted by Crippen LogP contribution is -2.52. The van der Waals surface area contributed by atoms with Crippen LogP contribution in [0.1, 0.15) is 42.9 Å². The third kappa shape index (κ3) is 3.96. The summed E-state index contributed by atoms with van der Waals surface area (Å²) in [4.78, 5) is 29.3. The zero-order chi connectivity index (χ0) is 24.3. The van der Waals surface area contributed by atoms with Crippen molar-refractivity contribution >= 4 is 21.8 Å². The first-order valence-corrected chi connectivity index (χ1v) is 13.0. The van der Waals surface area contributed by atoms with Crippen LogP contribution in [0.15, 0.2) is 29.2 Å². The van der Waals surface area contributed by atoms with Gasteiger partial charge in [0.25, 0.3) is 5.91 Å². The van der Waals surface area contributed by atoms with Crippen molar-refractivity contribution in [3.05, 3.63) is 35.5 Å². The molecule has 0 N–H and O–H groups in total. The summed E-state index contributed by atoms with van der Waals surface area (Å²) < 4.78 is 38.7. The quantitative estimate of drug-likeness (QED) is 0.636. The predicted molar refractivity (Wildman–Crippen MR) is 122 cm³/mol. The molecule has 1 aromatic carbocycles. The molecule has 4 heterocycles. The summed E-state index contributed by atoms with van der Waals surface area (Å²) in [6.45, 7) is 7.89. The number of morpholine rings is 1. The number of carbonyl (C=O) groups is 2. The zero-order valence-electron chi connectivity index (χ0n) is 19.5. The Morgan fingerprint density at radius 3 is 2.44 bits per heavy atom. The average molecular weight is 489 g/mol. The van der Waals surface area contributed by atoms with Crippen LogP contribution in [0, 0.1) is 0 Å². The molecule has 0 unspecified atom stereocenters. The molecule has 2 saturated heterocycles. The fraction of sp³-hybridized carbons (Fsp3) is 0.522. The number of hydrogen-bond acceptors (Lipinski definition) is 7. The van der Waals surface area contributed by atoms with Gasteiger partial charge >= 0.3 is 6.09 Å². The number of sulfone groups is 1. The highest BCUT2D eigenvalue weighted by molar-refractivity contribution is 7.90. The molecule has 0 aliphatic carbocycles. The molecule has 3 aliphatic heterocycles. The second-order valence-electron chi connectivity index (χ2n) is 9.82. The first kappa shape index (κ1) is 22.9. The molecule has 0 atom stereocenters. The minimum atomic E-state index is -3.62. The first-order chi connectivity index (χ1) is 16.0. The minimum absolute atomic E-state index is 0.158. The molecule has 2 fully saturated rings. The third-order valence-corrected chi connectivity index (χ3v) is 7.88. The van der Waals surface area contributed by atoms with Gasteiger partial charge in [-0.15, -0.1) is 0 Å². The maximum Gasteiger partial charge on any atom is 0.410 e. The van der Waals surface area contributed by atoms with Crippen LogP contribution in [0.3, 0.4) is 0 Å². The number of likely N-dealkylation sites (tertiary alicyclic amines) is 1. The Kier molecular flexibility index (Phi) is 5.44. The van der Waals surface area contributed by atoms with E-state index < -0.39 is 21.5 Å². The molecule has 2 aromatic rings. The molecule has 10 nitrogen and oxygen atoms in total. The molecule has 3 aliphatic rings. The van der Waals surface area contributed by atoms with E-state index in [1.54, 1.807) is 38.7 Å². The normalized spacial score (nSPS) is 19.7. The molecule has 1 aromatic heterocycles. The average Bonchev–Trinajstić information content (AvgIpc) is 3.09. The Bertz CT molecular complexity index is 1250. The highest BCUT2D eigenvalue weighted by Gasteiger charge is 2.42. The number of rotatable bonds is 2. The Hall–Kier alpha value is -2.92. The van der Waals surface area contributed by atoms with Crippen LogP contribution in [0.2, 0.25) is 0 Å². The molecule has 11 heteroatoms. The molecular weight excluding hydrogens is 460 g/mol. The van der Waals surface area contributed by atoms with E-state index in [1.807, 2.05) is 20.8 Å². The van der Waals surface area contributed by atoms with Crippen LogP contribution in [0.4, 0.5) is 4.79 Å². The third-order valence-electron chi connectivity index (χ3n) is 6.18. The van der Waals surface area contributed by atoms with Crippen molar-refractivity contribution in [1.82, 2.24) is 19.6 Å². The number of amides is 2. The van der Waals surface area contributed by atoms with Crippen LogP contribution >= 0.6 is 0 Å². The van der Waals surface area contributed by atoms with E-state index in [9.17, 15) is 18.0 Å². The summed E-state index contributed by atoms with van der Waals surface area (Å²) >= 11 is 0. The lowest BCUT2D eigenvalue weighted by atomic mass is 10.0. The first-order valence-electron chi connectivity index (χ1n) is 11.3. The van der Waals surface area contributed by atoms with Crippen molar-refractivity contribution in [3.8, 4) is 11.3 Å². The van der Waals surface area contributed by atoms with Gasteiger partial charge in [0.2, 0.25) is 0 Å². The summed E-state index contributed by atoms with van der Waals surface area (Å²) in [5, 5.41) is 4.66. The number of hydrogen-bond donors (Lipinski definition) is 0. The van der Waals surface area contributed by atoms with Crippen molar-refractivity contribution in [2.45, 2.75) is 43.1 Å². The van der Waals surface area contributed by atoms with Gasteiger partial charge in [0.15, 0.2) is 15.5 Å². The lowest BCUT2D eigenvalue weighted by Gasteiger charge is -2.40. The topological polar surface area (TPSA) is 111 Å². The molecule has 0 bridgehead atoms. The van der Waals surface area contributed by atoms with Crippen molar-refractivity contribution in [2.75, 3.05) is 39.4 Å². The predicted octanol–water partition coefficient (Wildman–Crippen LogP) is 2.10.